The molecule has 0 saturated carbocycles. The molecule has 0 bridgehead atoms. The minimum absolute atomic E-state index is 0.0117. The van der Waals surface area contributed by atoms with Crippen LogP contribution in [0.1, 0.15) is 47.8 Å². The second kappa shape index (κ2) is 7.81. The number of hydrogen-bond donors (Lipinski definition) is 0. The molecule has 2 aromatic heterocycles. The van der Waals surface area contributed by atoms with Crippen LogP contribution in [-0.2, 0) is 18.3 Å². The normalized spacial score (nSPS) is 17.0. The van der Waals surface area contributed by atoms with Crippen LogP contribution >= 0.6 is 0 Å². The monoisotopic (exact) mass is 396 g/mol. The van der Waals surface area contributed by atoms with E-state index < -0.39 is 0 Å². The highest BCUT2D eigenvalue weighted by molar-refractivity contribution is 5.80. The molecule has 1 aromatic carbocycles. The number of hydrogen-bond acceptors (Lipinski definition) is 4. The van der Waals surface area contributed by atoms with Crippen LogP contribution in [0.25, 0.3) is 11.3 Å². The third kappa shape index (κ3) is 3.81. The fourth-order valence-corrected chi connectivity index (χ4v) is 4.03. The lowest BCUT2D eigenvalue weighted by Crippen LogP contribution is -2.39. The fraction of sp³-hybridized carbons (Fsp3) is 0.409. The van der Waals surface area contributed by atoms with E-state index >= 15 is 0 Å². The fourth-order valence-electron chi connectivity index (χ4n) is 4.03. The third-order valence-electron chi connectivity index (χ3n) is 5.64. The van der Waals surface area contributed by atoms with Crippen molar-refractivity contribution in [2.24, 2.45) is 7.05 Å². The summed E-state index contributed by atoms with van der Waals surface area (Å²) >= 11 is 0. The number of nitrogens with zero attached hydrogens (tertiary/aromatic N) is 4. The Labute approximate surface area is 169 Å². The van der Waals surface area contributed by atoms with Crippen LogP contribution in [-0.4, -0.2) is 32.3 Å². The summed E-state index contributed by atoms with van der Waals surface area (Å²) in [7, 11) is 1.87. The molecule has 4 rings (SSSR count). The number of carbonyl (C=O) groups is 1. The van der Waals surface area contributed by atoms with Crippen molar-refractivity contribution in [3.05, 3.63) is 58.8 Å². The standard InChI is InChI=1S/C22H25FN4O2/c1-14-15(2)25-29-22(14)18-13-26(3)24-21(18)19-9-4-5-10-27(19)20(28)12-16-7-6-8-17(23)11-16/h6-8,11,13,19H,4-5,9-10,12H2,1-3H3. The van der Waals surface area contributed by atoms with Gasteiger partial charge in [-0.25, -0.2) is 4.39 Å². The van der Waals surface area contributed by atoms with E-state index in [-0.39, 0.29) is 24.2 Å². The van der Waals surface area contributed by atoms with Crippen molar-refractivity contribution in [3.63, 3.8) is 0 Å². The van der Waals surface area contributed by atoms with Crippen LogP contribution in [0.5, 0.6) is 0 Å². The molecule has 1 unspecified atom stereocenters. The van der Waals surface area contributed by atoms with Gasteiger partial charge in [-0.05, 0) is 50.8 Å². The first kappa shape index (κ1) is 19.4. The van der Waals surface area contributed by atoms with Crippen molar-refractivity contribution in [1.82, 2.24) is 19.8 Å². The Morgan fingerprint density at radius 1 is 1.31 bits per heavy atom. The Morgan fingerprint density at radius 2 is 2.14 bits per heavy atom. The molecule has 6 nitrogen and oxygen atoms in total. The zero-order valence-corrected chi connectivity index (χ0v) is 17.0. The zero-order chi connectivity index (χ0) is 20.5. The number of piperidine rings is 1. The van der Waals surface area contributed by atoms with Gasteiger partial charge in [-0.1, -0.05) is 17.3 Å². The molecule has 1 fully saturated rings. The summed E-state index contributed by atoms with van der Waals surface area (Å²) in [5.41, 5.74) is 4.22. The molecule has 29 heavy (non-hydrogen) atoms. The van der Waals surface area contributed by atoms with Gasteiger partial charge in [-0.15, -0.1) is 0 Å². The molecule has 1 saturated heterocycles. The summed E-state index contributed by atoms with van der Waals surface area (Å²) in [5, 5.41) is 8.77. The molecule has 0 N–H and O–H groups in total. The lowest BCUT2D eigenvalue weighted by Gasteiger charge is -2.35. The van der Waals surface area contributed by atoms with E-state index in [4.69, 9.17) is 4.52 Å². The lowest BCUT2D eigenvalue weighted by molar-refractivity contribution is -0.134. The maximum atomic E-state index is 13.5. The number of amides is 1. The number of rotatable bonds is 4. The zero-order valence-electron chi connectivity index (χ0n) is 17.0. The van der Waals surface area contributed by atoms with E-state index in [1.165, 1.54) is 12.1 Å². The number of likely N-dealkylation sites (tertiary alicyclic amines) is 1. The molecule has 7 heteroatoms. The number of aromatic nitrogens is 3. The van der Waals surface area contributed by atoms with Gasteiger partial charge in [0.05, 0.1) is 29.4 Å². The van der Waals surface area contributed by atoms with Gasteiger partial charge in [0.25, 0.3) is 0 Å². The largest absolute Gasteiger partial charge is 0.356 e. The van der Waals surface area contributed by atoms with Crippen LogP contribution in [0.4, 0.5) is 4.39 Å². The van der Waals surface area contributed by atoms with Gasteiger partial charge in [-0.3, -0.25) is 9.48 Å². The van der Waals surface area contributed by atoms with Crippen LogP contribution in [0, 0.1) is 19.7 Å². The van der Waals surface area contributed by atoms with E-state index in [9.17, 15) is 9.18 Å². The van der Waals surface area contributed by atoms with Crippen molar-refractivity contribution < 1.29 is 13.7 Å². The minimum Gasteiger partial charge on any atom is -0.356 e. The highest BCUT2D eigenvalue weighted by atomic mass is 19.1. The van der Waals surface area contributed by atoms with Gasteiger partial charge >= 0.3 is 0 Å². The average molecular weight is 396 g/mol. The molecule has 1 aliphatic rings. The van der Waals surface area contributed by atoms with E-state index in [0.29, 0.717) is 17.9 Å². The highest BCUT2D eigenvalue weighted by Crippen LogP contribution is 2.37. The lowest BCUT2D eigenvalue weighted by atomic mass is 9.94. The molecule has 152 valence electrons. The maximum Gasteiger partial charge on any atom is 0.227 e. The van der Waals surface area contributed by atoms with Crippen molar-refractivity contribution in [2.75, 3.05) is 6.54 Å². The van der Waals surface area contributed by atoms with Gasteiger partial charge in [0.1, 0.15) is 5.82 Å². The molecular weight excluding hydrogens is 371 g/mol. The van der Waals surface area contributed by atoms with Gasteiger partial charge < -0.3 is 9.42 Å². The Morgan fingerprint density at radius 3 is 2.86 bits per heavy atom. The summed E-state index contributed by atoms with van der Waals surface area (Å²) in [6.45, 7) is 4.56. The van der Waals surface area contributed by atoms with E-state index in [2.05, 4.69) is 10.3 Å². The van der Waals surface area contributed by atoms with Crippen molar-refractivity contribution >= 4 is 5.91 Å². The Bertz CT molecular complexity index is 1040. The maximum absolute atomic E-state index is 13.5. The van der Waals surface area contributed by atoms with Crippen LogP contribution < -0.4 is 0 Å². The smallest absolute Gasteiger partial charge is 0.227 e. The predicted octanol–water partition coefficient (Wildman–Crippen LogP) is 4.13. The molecule has 3 heterocycles. The number of aryl methyl sites for hydroxylation is 2. The van der Waals surface area contributed by atoms with E-state index in [1.807, 2.05) is 32.0 Å². The van der Waals surface area contributed by atoms with Gasteiger partial charge in [0.2, 0.25) is 5.91 Å². The molecule has 1 aliphatic heterocycles. The first-order chi connectivity index (χ1) is 13.9. The second-order valence-corrected chi connectivity index (χ2v) is 7.73. The van der Waals surface area contributed by atoms with Gasteiger partial charge in [0.15, 0.2) is 5.76 Å². The van der Waals surface area contributed by atoms with Gasteiger partial charge in [0, 0.05) is 25.4 Å². The molecule has 0 radical (unpaired) electrons. The summed E-state index contributed by atoms with van der Waals surface area (Å²) in [6, 6.07) is 6.10. The molecule has 0 aliphatic carbocycles. The van der Waals surface area contributed by atoms with E-state index in [0.717, 1.165) is 41.8 Å². The van der Waals surface area contributed by atoms with Crippen molar-refractivity contribution in [1.29, 1.82) is 0 Å². The average Bonchev–Trinajstić information content (AvgIpc) is 3.24. The summed E-state index contributed by atoms with van der Waals surface area (Å²) in [6.07, 6.45) is 4.92. The molecule has 1 amide bonds. The van der Waals surface area contributed by atoms with E-state index in [1.54, 1.807) is 16.8 Å². The molecule has 3 aromatic rings. The molecular formula is C22H25FN4O2. The summed E-state index contributed by atoms with van der Waals surface area (Å²) in [4.78, 5) is 15.0. The highest BCUT2D eigenvalue weighted by Gasteiger charge is 2.33. The van der Waals surface area contributed by atoms with Gasteiger partial charge in [-0.2, -0.15) is 5.10 Å². The predicted molar refractivity (Wildman–Crippen MR) is 107 cm³/mol. The topological polar surface area (TPSA) is 64.2 Å². The SMILES string of the molecule is Cc1noc(-c2cn(C)nc2C2CCCCN2C(=O)Cc2cccc(F)c2)c1C. The van der Waals surface area contributed by atoms with Crippen molar-refractivity contribution in [2.45, 2.75) is 45.6 Å². The summed E-state index contributed by atoms with van der Waals surface area (Å²) < 4.78 is 20.9. The third-order valence-corrected chi connectivity index (χ3v) is 5.64. The van der Waals surface area contributed by atoms with Crippen LogP contribution in [0.15, 0.2) is 35.0 Å². The Balaban J connectivity index is 1.66. The Kier molecular flexibility index (Phi) is 5.22. The first-order valence-electron chi connectivity index (χ1n) is 9.94. The first-order valence-corrected chi connectivity index (χ1v) is 9.94. The summed E-state index contributed by atoms with van der Waals surface area (Å²) in [5.74, 6) is 0.366. The Hall–Kier alpha value is -2.96. The van der Waals surface area contributed by atoms with Crippen molar-refractivity contribution in [3.8, 4) is 11.3 Å². The number of carbonyl (C=O) groups excluding carboxylic acids is 1. The van der Waals surface area contributed by atoms with Crippen LogP contribution in [0.2, 0.25) is 0 Å². The minimum atomic E-state index is -0.325. The molecule has 0 spiro atoms. The number of halogens is 1. The quantitative estimate of drug-likeness (QED) is 0.665. The second-order valence-electron chi connectivity index (χ2n) is 7.73. The molecule has 1 atom stereocenters. The van der Waals surface area contributed by atoms with Crippen LogP contribution in [0.3, 0.4) is 0 Å². The number of benzene rings is 1.